The van der Waals surface area contributed by atoms with Crippen molar-refractivity contribution in [3.8, 4) is 0 Å². The Bertz CT molecular complexity index is 930. The first-order valence-electron chi connectivity index (χ1n) is 8.43. The molecule has 1 aliphatic carbocycles. The van der Waals surface area contributed by atoms with Crippen LogP contribution in [0.4, 0.5) is 5.69 Å². The predicted octanol–water partition coefficient (Wildman–Crippen LogP) is 2.75. The average molecular weight is 372 g/mol. The first-order valence-corrected chi connectivity index (χ1v) is 9.98. The van der Waals surface area contributed by atoms with Gasteiger partial charge in [0.1, 0.15) is 0 Å². The lowest BCUT2D eigenvalue weighted by molar-refractivity contribution is 0.0995. The first kappa shape index (κ1) is 18.1. The Morgan fingerprint density at radius 2 is 1.58 bits per heavy atom. The fraction of sp³-hybridized carbons (Fsp3) is 0.263. The van der Waals surface area contributed by atoms with Gasteiger partial charge in [-0.2, -0.15) is 0 Å². The van der Waals surface area contributed by atoms with Crippen molar-refractivity contribution in [3.05, 3.63) is 59.7 Å². The number of hydrogen-bond donors (Lipinski definition) is 2. The van der Waals surface area contributed by atoms with Gasteiger partial charge in [-0.1, -0.05) is 18.9 Å². The number of nitrogens with two attached hydrogens (primary N) is 1. The molecule has 0 saturated heterocycles. The lowest BCUT2D eigenvalue weighted by Gasteiger charge is -2.12. The van der Waals surface area contributed by atoms with Crippen LogP contribution in [0, 0.1) is 0 Å². The molecule has 0 aliphatic heterocycles. The molecule has 136 valence electrons. The maximum absolute atomic E-state index is 12.7. The quantitative estimate of drug-likeness (QED) is 0.841. The average Bonchev–Trinajstić information content (AvgIpc) is 3.17. The molecule has 2 amide bonds. The van der Waals surface area contributed by atoms with Gasteiger partial charge in [-0.05, 0) is 55.3 Å². The SMILES string of the molecule is NC(=O)c1ccc(C(=O)Nc2cccc(S(=O)(=O)C3CCCC3)c2)cc1. The zero-order valence-corrected chi connectivity index (χ0v) is 15.0. The van der Waals surface area contributed by atoms with E-state index in [0.717, 1.165) is 12.8 Å². The van der Waals surface area contributed by atoms with Crippen molar-refractivity contribution in [3.63, 3.8) is 0 Å². The minimum atomic E-state index is -3.38. The topological polar surface area (TPSA) is 106 Å². The highest BCUT2D eigenvalue weighted by atomic mass is 32.2. The second-order valence-electron chi connectivity index (χ2n) is 6.38. The molecule has 3 rings (SSSR count). The number of carbonyl (C=O) groups is 2. The molecule has 2 aromatic carbocycles. The molecule has 3 N–H and O–H groups in total. The molecule has 0 unspecified atom stereocenters. The van der Waals surface area contributed by atoms with E-state index in [-0.39, 0.29) is 10.1 Å². The summed E-state index contributed by atoms with van der Waals surface area (Å²) in [5, 5.41) is 2.35. The molecule has 7 heteroatoms. The second-order valence-corrected chi connectivity index (χ2v) is 8.60. The number of primary amides is 1. The van der Waals surface area contributed by atoms with Crippen molar-refractivity contribution < 1.29 is 18.0 Å². The maximum Gasteiger partial charge on any atom is 0.255 e. The standard InChI is InChI=1S/C19H20N2O4S/c20-18(22)13-8-10-14(11-9-13)19(23)21-15-4-3-7-17(12-15)26(24,25)16-5-1-2-6-16/h3-4,7-12,16H,1-2,5-6H2,(H2,20,22)(H,21,23). The molecule has 0 aromatic heterocycles. The van der Waals surface area contributed by atoms with E-state index in [9.17, 15) is 18.0 Å². The lowest BCUT2D eigenvalue weighted by Crippen LogP contribution is -2.18. The summed E-state index contributed by atoms with van der Waals surface area (Å²) in [6, 6.07) is 12.2. The van der Waals surface area contributed by atoms with Crippen molar-refractivity contribution in [2.45, 2.75) is 35.8 Å². The smallest absolute Gasteiger partial charge is 0.255 e. The van der Waals surface area contributed by atoms with Gasteiger partial charge in [0.25, 0.3) is 5.91 Å². The van der Waals surface area contributed by atoms with Gasteiger partial charge in [-0.15, -0.1) is 0 Å². The molecular weight excluding hydrogens is 352 g/mol. The summed E-state index contributed by atoms with van der Waals surface area (Å²) < 4.78 is 25.4. The van der Waals surface area contributed by atoms with Crippen molar-refractivity contribution in [2.75, 3.05) is 5.32 Å². The van der Waals surface area contributed by atoms with Crippen LogP contribution in [0.2, 0.25) is 0 Å². The van der Waals surface area contributed by atoms with Gasteiger partial charge in [-0.3, -0.25) is 9.59 Å². The van der Waals surface area contributed by atoms with E-state index in [2.05, 4.69) is 5.32 Å². The molecule has 6 nitrogen and oxygen atoms in total. The molecular formula is C19H20N2O4S. The summed E-state index contributed by atoms with van der Waals surface area (Å²) in [5.41, 5.74) is 6.24. The molecule has 1 aliphatic rings. The highest BCUT2D eigenvalue weighted by Crippen LogP contribution is 2.30. The number of hydrogen-bond acceptors (Lipinski definition) is 4. The van der Waals surface area contributed by atoms with Crippen LogP contribution in [0.5, 0.6) is 0 Å². The van der Waals surface area contributed by atoms with Gasteiger partial charge < -0.3 is 11.1 Å². The molecule has 26 heavy (non-hydrogen) atoms. The zero-order chi connectivity index (χ0) is 18.7. The zero-order valence-electron chi connectivity index (χ0n) is 14.1. The third kappa shape index (κ3) is 3.77. The molecule has 0 radical (unpaired) electrons. The Hall–Kier alpha value is -2.67. The van der Waals surface area contributed by atoms with Crippen LogP contribution >= 0.6 is 0 Å². The summed E-state index contributed by atoms with van der Waals surface area (Å²) in [6.07, 6.45) is 3.24. The monoisotopic (exact) mass is 372 g/mol. The Balaban J connectivity index is 1.78. The Kier molecular flexibility index (Phi) is 5.08. The van der Waals surface area contributed by atoms with E-state index < -0.39 is 21.7 Å². The van der Waals surface area contributed by atoms with E-state index in [4.69, 9.17) is 5.73 Å². The molecule has 0 atom stereocenters. The summed E-state index contributed by atoms with van der Waals surface area (Å²) >= 11 is 0. The van der Waals surface area contributed by atoms with E-state index in [0.29, 0.717) is 29.7 Å². The van der Waals surface area contributed by atoms with E-state index >= 15 is 0 Å². The predicted molar refractivity (Wildman–Crippen MR) is 98.8 cm³/mol. The van der Waals surface area contributed by atoms with Crippen molar-refractivity contribution in [2.24, 2.45) is 5.73 Å². The van der Waals surface area contributed by atoms with Gasteiger partial charge in [-0.25, -0.2) is 8.42 Å². The number of carbonyl (C=O) groups excluding carboxylic acids is 2. The lowest BCUT2D eigenvalue weighted by atomic mass is 10.1. The summed E-state index contributed by atoms with van der Waals surface area (Å²) in [6.45, 7) is 0. The molecule has 2 aromatic rings. The molecule has 1 saturated carbocycles. The largest absolute Gasteiger partial charge is 0.366 e. The van der Waals surface area contributed by atoms with Gasteiger partial charge >= 0.3 is 0 Å². The van der Waals surface area contributed by atoms with Crippen LogP contribution in [0.25, 0.3) is 0 Å². The Morgan fingerprint density at radius 3 is 2.19 bits per heavy atom. The summed E-state index contributed by atoms with van der Waals surface area (Å²) in [7, 11) is -3.38. The van der Waals surface area contributed by atoms with Crippen LogP contribution in [0.3, 0.4) is 0 Å². The fourth-order valence-electron chi connectivity index (χ4n) is 3.13. The molecule has 0 spiro atoms. The van der Waals surface area contributed by atoms with E-state index in [1.165, 1.54) is 30.3 Å². The first-order chi connectivity index (χ1) is 12.4. The number of benzene rings is 2. The molecule has 1 fully saturated rings. The van der Waals surface area contributed by atoms with E-state index in [1.54, 1.807) is 18.2 Å². The van der Waals surface area contributed by atoms with Gasteiger partial charge in [0.15, 0.2) is 9.84 Å². The minimum absolute atomic E-state index is 0.228. The van der Waals surface area contributed by atoms with Gasteiger partial charge in [0.05, 0.1) is 10.1 Å². The third-order valence-corrected chi connectivity index (χ3v) is 6.85. The number of amides is 2. The number of rotatable bonds is 5. The second kappa shape index (κ2) is 7.29. The maximum atomic E-state index is 12.7. The van der Waals surface area contributed by atoms with Crippen LogP contribution in [-0.2, 0) is 9.84 Å². The number of nitrogens with one attached hydrogen (secondary N) is 1. The Labute approximate surface area is 152 Å². The van der Waals surface area contributed by atoms with Gasteiger partial charge in [0, 0.05) is 16.8 Å². The number of sulfone groups is 1. The van der Waals surface area contributed by atoms with Crippen molar-refractivity contribution in [1.82, 2.24) is 0 Å². The van der Waals surface area contributed by atoms with Crippen LogP contribution < -0.4 is 11.1 Å². The molecule has 0 bridgehead atoms. The Morgan fingerprint density at radius 1 is 0.962 bits per heavy atom. The molecule has 0 heterocycles. The minimum Gasteiger partial charge on any atom is -0.366 e. The summed E-state index contributed by atoms with van der Waals surface area (Å²) in [5.74, 6) is -0.960. The van der Waals surface area contributed by atoms with Crippen molar-refractivity contribution in [1.29, 1.82) is 0 Å². The van der Waals surface area contributed by atoms with Crippen LogP contribution in [0.1, 0.15) is 46.4 Å². The van der Waals surface area contributed by atoms with Crippen LogP contribution in [0.15, 0.2) is 53.4 Å². The highest BCUT2D eigenvalue weighted by molar-refractivity contribution is 7.92. The van der Waals surface area contributed by atoms with Crippen LogP contribution in [-0.4, -0.2) is 25.5 Å². The number of anilines is 1. The summed E-state index contributed by atoms with van der Waals surface area (Å²) in [4.78, 5) is 23.6. The van der Waals surface area contributed by atoms with E-state index in [1.807, 2.05) is 0 Å². The normalized spacial score (nSPS) is 14.9. The van der Waals surface area contributed by atoms with Gasteiger partial charge in [0.2, 0.25) is 5.91 Å². The van der Waals surface area contributed by atoms with Crippen molar-refractivity contribution >= 4 is 27.3 Å². The highest BCUT2D eigenvalue weighted by Gasteiger charge is 2.30. The third-order valence-electron chi connectivity index (χ3n) is 4.59. The fourth-order valence-corrected chi connectivity index (χ4v) is 5.03.